The molecule has 1 aliphatic heterocycles. The van der Waals surface area contributed by atoms with Gasteiger partial charge in [-0.15, -0.1) is 0 Å². The molecule has 1 aliphatic rings. The SMILES string of the molecule is COC1=NC(C)c2cc(Cl)c(Cl)cc21.[C-]#[O+].[C-]#[O+].[C-]#[O+].[C-]#[O+].[C-]#[O+].[Cr]. The van der Waals surface area contributed by atoms with Crippen molar-refractivity contribution in [3.63, 3.8) is 0 Å². The molecule has 0 aliphatic carbocycles. The molecule has 1 unspecified atom stereocenters. The summed E-state index contributed by atoms with van der Waals surface area (Å²) in [5.41, 5.74) is 2.01. The van der Waals surface area contributed by atoms with Crippen molar-refractivity contribution < 1.29 is 45.4 Å². The Morgan fingerprint density at radius 1 is 0.880 bits per heavy atom. The van der Waals surface area contributed by atoms with Crippen LogP contribution in [0.5, 0.6) is 0 Å². The van der Waals surface area contributed by atoms with Gasteiger partial charge in [0.1, 0.15) is 0 Å². The van der Waals surface area contributed by atoms with Crippen LogP contribution >= 0.6 is 23.2 Å². The van der Waals surface area contributed by atoms with Crippen LogP contribution in [0.4, 0.5) is 0 Å². The largest absolute Gasteiger partial charge is 0 e. The van der Waals surface area contributed by atoms with E-state index in [4.69, 9.17) is 51.2 Å². The van der Waals surface area contributed by atoms with Gasteiger partial charge >= 0.3 is 56.5 Å². The molecule has 0 bridgehead atoms. The number of hydrogen-bond acceptors (Lipinski definition) is 2. The fraction of sp³-hybridized carbons (Fsp3) is 0.200. The Kier molecular flexibility index (Phi) is 34.4. The second-order valence-corrected chi connectivity index (χ2v) is 3.98. The standard InChI is InChI=1S/C10H9Cl2NO.5CO.Cr/c1-5-6-3-8(11)9(12)4-7(6)10(13-5)14-2;5*1-2;/h3-5H,1-2H3;;;;;;. The van der Waals surface area contributed by atoms with Crippen LogP contribution in [0.1, 0.15) is 24.1 Å². The van der Waals surface area contributed by atoms with Crippen LogP contribution < -0.4 is 0 Å². The summed E-state index contributed by atoms with van der Waals surface area (Å²) in [4.78, 5) is 4.33. The molecule has 0 radical (unpaired) electrons. The van der Waals surface area contributed by atoms with Crippen molar-refractivity contribution in [1.29, 1.82) is 0 Å². The maximum Gasteiger partial charge on any atom is 0 e. The molecule has 25 heavy (non-hydrogen) atoms. The van der Waals surface area contributed by atoms with Gasteiger partial charge in [0, 0.05) is 22.9 Å². The molecule has 0 spiro atoms. The number of aliphatic imine (C=N–C) groups is 1. The molecule has 7 nitrogen and oxygen atoms in total. The number of hydrogen-bond donors (Lipinski definition) is 0. The van der Waals surface area contributed by atoms with E-state index in [1.54, 1.807) is 13.2 Å². The van der Waals surface area contributed by atoms with Crippen molar-refractivity contribution in [3.05, 3.63) is 66.6 Å². The number of ether oxygens (including phenoxy) is 1. The van der Waals surface area contributed by atoms with E-state index in [0.717, 1.165) is 11.1 Å². The summed E-state index contributed by atoms with van der Waals surface area (Å²) in [5, 5.41) is 1.09. The number of methoxy groups -OCH3 is 1. The Balaban J connectivity index is -0.000000105. The zero-order valence-electron chi connectivity index (χ0n) is 12.8. The van der Waals surface area contributed by atoms with E-state index in [1.165, 1.54) is 0 Å². The molecule has 1 atom stereocenters. The number of nitrogens with zero attached hydrogens (tertiary/aromatic N) is 1. The van der Waals surface area contributed by atoms with Gasteiger partial charge in [-0.3, -0.25) is 0 Å². The number of halogens is 2. The summed E-state index contributed by atoms with van der Waals surface area (Å²) in [6, 6.07) is 3.74. The second kappa shape index (κ2) is 24.8. The van der Waals surface area contributed by atoms with Crippen molar-refractivity contribution in [2.24, 2.45) is 4.99 Å². The normalized spacial score (nSPS) is 11.1. The van der Waals surface area contributed by atoms with Gasteiger partial charge < -0.3 is 4.74 Å². The maximum absolute atomic E-state index is 7.50. The first kappa shape index (κ1) is 34.8. The van der Waals surface area contributed by atoms with Gasteiger partial charge in [0.15, 0.2) is 0 Å². The van der Waals surface area contributed by atoms with Crippen LogP contribution in [0, 0.1) is 33.3 Å². The van der Waals surface area contributed by atoms with Gasteiger partial charge in [-0.05, 0) is 24.6 Å². The van der Waals surface area contributed by atoms with Crippen LogP contribution in [-0.4, -0.2) is 13.0 Å². The van der Waals surface area contributed by atoms with E-state index in [2.05, 4.69) is 38.2 Å². The number of benzene rings is 1. The molecular weight excluding hydrogens is 413 g/mol. The van der Waals surface area contributed by atoms with E-state index in [9.17, 15) is 0 Å². The van der Waals surface area contributed by atoms with Gasteiger partial charge in [-0.1, -0.05) is 23.2 Å². The maximum atomic E-state index is 7.50. The fourth-order valence-corrected chi connectivity index (χ4v) is 1.91. The van der Waals surface area contributed by atoms with E-state index >= 15 is 0 Å². The molecular formula is C15H9Cl2CrNO6. The molecule has 0 saturated carbocycles. The fourth-order valence-electron chi connectivity index (χ4n) is 1.57. The molecule has 10 heteroatoms. The minimum Gasteiger partial charge on any atom is 0 e. The van der Waals surface area contributed by atoms with Crippen LogP contribution in [0.2, 0.25) is 10.0 Å². The van der Waals surface area contributed by atoms with Crippen LogP contribution in [-0.2, 0) is 45.4 Å². The van der Waals surface area contributed by atoms with Gasteiger partial charge in [-0.2, -0.15) is 0 Å². The van der Waals surface area contributed by atoms with Gasteiger partial charge in [-0.25, -0.2) is 4.99 Å². The van der Waals surface area contributed by atoms with Gasteiger partial charge in [0.05, 0.1) is 23.2 Å². The average Bonchev–Trinajstić information content (AvgIpc) is 2.99. The van der Waals surface area contributed by atoms with E-state index in [0.29, 0.717) is 15.9 Å². The first-order chi connectivity index (χ1) is 11.6. The predicted octanol–water partition coefficient (Wildman–Crippen LogP) is 3.27. The monoisotopic (exact) mass is 421 g/mol. The van der Waals surface area contributed by atoms with E-state index < -0.39 is 0 Å². The smallest absolute Gasteiger partial charge is 0 e. The molecule has 0 fully saturated rings. The average molecular weight is 422 g/mol. The minimum absolute atomic E-state index is 0. The molecule has 1 aromatic rings. The zero-order chi connectivity index (χ0) is 20.3. The van der Waals surface area contributed by atoms with Crippen molar-refractivity contribution in [2.45, 2.75) is 13.0 Å². The van der Waals surface area contributed by atoms with Crippen molar-refractivity contribution in [2.75, 3.05) is 7.11 Å². The van der Waals surface area contributed by atoms with E-state index in [-0.39, 0.29) is 23.4 Å². The summed E-state index contributed by atoms with van der Waals surface area (Å²) < 4.78 is 42.7. The predicted molar refractivity (Wildman–Crippen MR) is 78.1 cm³/mol. The summed E-state index contributed by atoms with van der Waals surface area (Å²) in [5.74, 6) is 0.631. The van der Waals surface area contributed by atoms with Crippen molar-refractivity contribution in [3.8, 4) is 0 Å². The molecule has 0 saturated heterocycles. The van der Waals surface area contributed by atoms with Crippen LogP contribution in [0.3, 0.4) is 0 Å². The van der Waals surface area contributed by atoms with Crippen molar-refractivity contribution >= 4 is 29.1 Å². The van der Waals surface area contributed by atoms with Crippen LogP contribution in [0.25, 0.3) is 0 Å². The Bertz CT molecular complexity index is 588. The van der Waals surface area contributed by atoms with Gasteiger partial charge in [0.2, 0.25) is 5.90 Å². The third kappa shape index (κ3) is 11.6. The number of rotatable bonds is 0. The van der Waals surface area contributed by atoms with Crippen LogP contribution in [0.15, 0.2) is 17.1 Å². The molecule has 0 N–H and O–H groups in total. The Morgan fingerprint density at radius 3 is 1.60 bits per heavy atom. The summed E-state index contributed by atoms with van der Waals surface area (Å²) >= 11 is 11.8. The molecule has 1 heterocycles. The Morgan fingerprint density at radius 2 is 1.24 bits per heavy atom. The van der Waals surface area contributed by atoms with E-state index in [1.807, 2.05) is 13.0 Å². The third-order valence-corrected chi connectivity index (χ3v) is 3.00. The molecule has 130 valence electrons. The quantitative estimate of drug-likeness (QED) is 0.463. The second-order valence-electron chi connectivity index (χ2n) is 3.17. The Labute approximate surface area is 166 Å². The first-order valence-corrected chi connectivity index (χ1v) is 6.02. The first-order valence-electron chi connectivity index (χ1n) is 5.26. The van der Waals surface area contributed by atoms with Gasteiger partial charge in [0.25, 0.3) is 0 Å². The summed E-state index contributed by atoms with van der Waals surface area (Å²) in [6.07, 6.45) is 0. The molecule has 0 aromatic heterocycles. The minimum atomic E-state index is 0. The number of fused-ring (bicyclic) bond motifs is 1. The van der Waals surface area contributed by atoms with Crippen molar-refractivity contribution in [1.82, 2.24) is 0 Å². The third-order valence-electron chi connectivity index (χ3n) is 2.28. The zero-order valence-corrected chi connectivity index (χ0v) is 15.6. The summed E-state index contributed by atoms with van der Waals surface area (Å²) in [6.45, 7) is 24.5. The molecule has 1 aromatic carbocycles. The molecule has 2 rings (SSSR count). The Hall–Kier alpha value is -1.50. The molecule has 0 amide bonds. The topological polar surface area (TPSA) is 121 Å². The summed E-state index contributed by atoms with van der Waals surface area (Å²) in [7, 11) is 1.60.